The number of benzene rings is 1. The molecule has 4 nitrogen and oxygen atoms in total. The predicted octanol–water partition coefficient (Wildman–Crippen LogP) is 0.834. The summed E-state index contributed by atoms with van der Waals surface area (Å²) in [6, 6.07) is 4.45. The zero-order valence-corrected chi connectivity index (χ0v) is 12.1. The van der Waals surface area contributed by atoms with Gasteiger partial charge in [-0.1, -0.05) is 17.9 Å². The third-order valence-electron chi connectivity index (χ3n) is 3.52. The predicted molar refractivity (Wildman–Crippen MR) is 77.9 cm³/mol. The molecule has 1 aromatic rings. The van der Waals surface area contributed by atoms with Crippen LogP contribution < -0.4 is 0 Å². The molecule has 1 fully saturated rings. The molecule has 0 aliphatic carbocycles. The average molecular weight is 290 g/mol. The summed E-state index contributed by atoms with van der Waals surface area (Å²) in [5, 5.41) is 8.78. The lowest BCUT2D eigenvalue weighted by molar-refractivity contribution is -0.130. The van der Waals surface area contributed by atoms with Crippen molar-refractivity contribution in [3.8, 4) is 11.8 Å². The van der Waals surface area contributed by atoms with Gasteiger partial charge in [-0.05, 0) is 24.1 Å². The van der Waals surface area contributed by atoms with Crippen LogP contribution in [0.25, 0.3) is 0 Å². The number of carbonyl (C=O) groups excluding carboxylic acids is 1. The summed E-state index contributed by atoms with van der Waals surface area (Å²) in [6.07, 6.45) is 0.918. The van der Waals surface area contributed by atoms with Crippen LogP contribution >= 0.6 is 0 Å². The topological polar surface area (TPSA) is 43.8 Å². The second-order valence-corrected chi connectivity index (χ2v) is 5.14. The number of carbonyl (C=O) groups is 1. The third kappa shape index (κ3) is 4.28. The van der Waals surface area contributed by atoms with Gasteiger partial charge in [0.15, 0.2) is 0 Å². The van der Waals surface area contributed by atoms with Gasteiger partial charge in [-0.25, -0.2) is 4.39 Å². The van der Waals surface area contributed by atoms with Gasteiger partial charge < -0.3 is 10.0 Å². The molecule has 2 rings (SSSR count). The molecule has 1 amide bonds. The van der Waals surface area contributed by atoms with Crippen molar-refractivity contribution in [3.63, 3.8) is 0 Å². The van der Waals surface area contributed by atoms with Crippen molar-refractivity contribution in [1.29, 1.82) is 0 Å². The lowest BCUT2D eigenvalue weighted by atomic mass is 10.1. The van der Waals surface area contributed by atoms with Crippen LogP contribution in [0.2, 0.25) is 0 Å². The summed E-state index contributed by atoms with van der Waals surface area (Å²) in [4.78, 5) is 15.7. The molecule has 0 aromatic heterocycles. The summed E-state index contributed by atoms with van der Waals surface area (Å²) in [6.45, 7) is 2.23. The molecule has 1 aliphatic rings. The number of halogens is 1. The van der Waals surface area contributed by atoms with E-state index >= 15 is 0 Å². The molecule has 112 valence electrons. The summed E-state index contributed by atoms with van der Waals surface area (Å²) in [5.41, 5.74) is 1.43. The van der Waals surface area contributed by atoms with E-state index < -0.39 is 0 Å². The first-order valence-electron chi connectivity index (χ1n) is 6.94. The zero-order valence-electron chi connectivity index (χ0n) is 12.1. The lowest BCUT2D eigenvalue weighted by Gasteiger charge is -2.20. The molecule has 21 heavy (non-hydrogen) atoms. The molecular weight excluding hydrogens is 271 g/mol. The largest absolute Gasteiger partial charge is 0.384 e. The van der Waals surface area contributed by atoms with Gasteiger partial charge in [-0.2, -0.15) is 0 Å². The molecular formula is C16H19FN2O2. The molecule has 5 heteroatoms. The minimum Gasteiger partial charge on any atom is -0.384 e. The van der Waals surface area contributed by atoms with Gasteiger partial charge in [0.1, 0.15) is 12.4 Å². The number of aliphatic hydroxyl groups is 1. The van der Waals surface area contributed by atoms with E-state index in [2.05, 4.69) is 11.8 Å². The van der Waals surface area contributed by atoms with Crippen LogP contribution in [-0.4, -0.2) is 54.1 Å². The van der Waals surface area contributed by atoms with Crippen molar-refractivity contribution in [2.45, 2.75) is 13.0 Å². The average Bonchev–Trinajstić information content (AvgIpc) is 2.61. The number of aliphatic hydroxyl groups excluding tert-OH is 1. The Bertz CT molecular complexity index is 577. The first kappa shape index (κ1) is 15.5. The Morgan fingerprint density at radius 2 is 2.19 bits per heavy atom. The van der Waals surface area contributed by atoms with E-state index in [1.165, 1.54) is 12.1 Å². The minimum absolute atomic E-state index is 0.0950. The van der Waals surface area contributed by atoms with Crippen molar-refractivity contribution in [3.05, 3.63) is 35.1 Å². The third-order valence-corrected chi connectivity index (χ3v) is 3.52. The molecule has 1 saturated heterocycles. The van der Waals surface area contributed by atoms with Crippen LogP contribution in [0, 0.1) is 17.7 Å². The normalized spacial score (nSPS) is 16.3. The fourth-order valence-electron chi connectivity index (χ4n) is 2.36. The molecule has 0 radical (unpaired) electrons. The van der Waals surface area contributed by atoms with Crippen LogP contribution in [0.15, 0.2) is 18.2 Å². The Morgan fingerprint density at radius 3 is 2.95 bits per heavy atom. The Morgan fingerprint density at radius 1 is 1.38 bits per heavy atom. The standard InChI is InChI=1S/C16H19FN2O2/c1-18-7-3-8-19(12-16(18)21)11-14-5-6-15(17)10-13(14)4-2-9-20/h5-6,10,20H,3,7-9,11-12H2,1H3. The summed E-state index contributed by atoms with van der Waals surface area (Å²) < 4.78 is 13.3. The van der Waals surface area contributed by atoms with E-state index in [1.807, 2.05) is 11.9 Å². The van der Waals surface area contributed by atoms with Crippen LogP contribution in [-0.2, 0) is 11.3 Å². The maximum absolute atomic E-state index is 13.3. The highest BCUT2D eigenvalue weighted by Crippen LogP contribution is 2.15. The number of rotatable bonds is 2. The van der Waals surface area contributed by atoms with Crippen molar-refractivity contribution in [1.82, 2.24) is 9.80 Å². The van der Waals surface area contributed by atoms with Crippen molar-refractivity contribution < 1.29 is 14.3 Å². The molecule has 0 bridgehead atoms. The molecule has 1 aromatic carbocycles. The van der Waals surface area contributed by atoms with Gasteiger partial charge in [0.05, 0.1) is 6.54 Å². The van der Waals surface area contributed by atoms with Crippen molar-refractivity contribution in [2.24, 2.45) is 0 Å². The number of amides is 1. The zero-order chi connectivity index (χ0) is 15.2. The summed E-state index contributed by atoms with van der Waals surface area (Å²) in [5.74, 6) is 5.05. The lowest BCUT2D eigenvalue weighted by Crippen LogP contribution is -2.34. The van der Waals surface area contributed by atoms with Gasteiger partial charge in [0.25, 0.3) is 0 Å². The van der Waals surface area contributed by atoms with Gasteiger partial charge in [0, 0.05) is 32.2 Å². The second kappa shape index (κ2) is 7.21. The van der Waals surface area contributed by atoms with Gasteiger partial charge in [-0.3, -0.25) is 9.69 Å². The number of likely N-dealkylation sites (N-methyl/N-ethyl adjacent to an activating group) is 1. The maximum Gasteiger partial charge on any atom is 0.236 e. The van der Waals surface area contributed by atoms with Crippen LogP contribution in [0.4, 0.5) is 4.39 Å². The Balaban J connectivity index is 2.16. The molecule has 0 atom stereocenters. The Labute approximate surface area is 124 Å². The monoisotopic (exact) mass is 290 g/mol. The molecule has 1 aliphatic heterocycles. The van der Waals surface area contributed by atoms with Crippen molar-refractivity contribution >= 4 is 5.91 Å². The number of hydrogen-bond acceptors (Lipinski definition) is 3. The first-order valence-corrected chi connectivity index (χ1v) is 6.94. The fraction of sp³-hybridized carbons (Fsp3) is 0.438. The maximum atomic E-state index is 13.3. The molecule has 1 N–H and O–H groups in total. The van der Waals surface area contributed by atoms with Crippen LogP contribution in [0.3, 0.4) is 0 Å². The highest BCUT2D eigenvalue weighted by Gasteiger charge is 2.19. The smallest absolute Gasteiger partial charge is 0.236 e. The molecule has 0 unspecified atom stereocenters. The minimum atomic E-state index is -0.354. The molecule has 1 heterocycles. The van der Waals surface area contributed by atoms with E-state index in [0.717, 1.165) is 25.1 Å². The van der Waals surface area contributed by atoms with Gasteiger partial charge in [-0.15, -0.1) is 0 Å². The highest BCUT2D eigenvalue weighted by molar-refractivity contribution is 5.78. The van der Waals surface area contributed by atoms with Gasteiger partial charge >= 0.3 is 0 Å². The Hall–Kier alpha value is -1.90. The van der Waals surface area contributed by atoms with E-state index in [0.29, 0.717) is 18.7 Å². The fourth-order valence-corrected chi connectivity index (χ4v) is 2.36. The first-order chi connectivity index (χ1) is 10.1. The molecule has 0 spiro atoms. The second-order valence-electron chi connectivity index (χ2n) is 5.14. The van der Waals surface area contributed by atoms with E-state index in [-0.39, 0.29) is 18.3 Å². The quantitative estimate of drug-likeness (QED) is 0.821. The van der Waals surface area contributed by atoms with Gasteiger partial charge in [0.2, 0.25) is 5.91 Å². The van der Waals surface area contributed by atoms with Crippen LogP contribution in [0.1, 0.15) is 17.5 Å². The highest BCUT2D eigenvalue weighted by atomic mass is 19.1. The summed E-state index contributed by atoms with van der Waals surface area (Å²) in [7, 11) is 1.81. The summed E-state index contributed by atoms with van der Waals surface area (Å²) >= 11 is 0. The number of nitrogens with zero attached hydrogens (tertiary/aromatic N) is 2. The Kier molecular flexibility index (Phi) is 5.32. The molecule has 0 saturated carbocycles. The van der Waals surface area contributed by atoms with E-state index in [9.17, 15) is 9.18 Å². The SMILES string of the molecule is CN1CCCN(Cc2ccc(F)cc2C#CCO)CC1=O. The van der Waals surface area contributed by atoms with Crippen molar-refractivity contribution in [2.75, 3.05) is 33.3 Å². The number of hydrogen-bond donors (Lipinski definition) is 1. The van der Waals surface area contributed by atoms with E-state index in [1.54, 1.807) is 11.0 Å². The van der Waals surface area contributed by atoms with E-state index in [4.69, 9.17) is 5.11 Å². The van der Waals surface area contributed by atoms with Crippen LogP contribution in [0.5, 0.6) is 0 Å².